The van der Waals surface area contributed by atoms with E-state index >= 15 is 0 Å². The zero-order valence-electron chi connectivity index (χ0n) is 28.1. The number of likely N-dealkylation sites (N-methyl/N-ethyl adjacent to an activating group) is 1. The molecular formula is C38H49N7O2. The minimum absolute atomic E-state index is 0.0735. The van der Waals surface area contributed by atoms with Gasteiger partial charge in [-0.2, -0.15) is 15.2 Å². The van der Waals surface area contributed by atoms with Gasteiger partial charge >= 0.3 is 6.01 Å². The van der Waals surface area contributed by atoms with Crippen LogP contribution in [0.1, 0.15) is 63.1 Å². The summed E-state index contributed by atoms with van der Waals surface area (Å²) in [5, 5.41) is 21.7. The lowest BCUT2D eigenvalue weighted by Crippen LogP contribution is -2.57. The summed E-state index contributed by atoms with van der Waals surface area (Å²) in [4.78, 5) is 19.9. The summed E-state index contributed by atoms with van der Waals surface area (Å²) >= 11 is 0. The average molecular weight is 636 g/mol. The van der Waals surface area contributed by atoms with E-state index in [1.165, 1.54) is 28.4 Å². The summed E-state index contributed by atoms with van der Waals surface area (Å²) < 4.78 is 6.39. The zero-order valence-corrected chi connectivity index (χ0v) is 28.1. The molecule has 2 saturated heterocycles. The topological polar surface area (TPSA) is 92.0 Å². The molecular weight excluding hydrogens is 586 g/mol. The highest BCUT2D eigenvalue weighted by Gasteiger charge is 2.35. The van der Waals surface area contributed by atoms with Crippen molar-refractivity contribution in [3.05, 3.63) is 53.7 Å². The molecule has 9 nitrogen and oxygen atoms in total. The number of aliphatic hydroxyl groups is 1. The van der Waals surface area contributed by atoms with Crippen LogP contribution in [0.4, 0.5) is 11.5 Å². The van der Waals surface area contributed by atoms with Crippen molar-refractivity contribution >= 4 is 22.3 Å². The third-order valence-corrected chi connectivity index (χ3v) is 10.3. The monoisotopic (exact) mass is 635 g/mol. The first kappa shape index (κ1) is 33.0. The molecule has 0 radical (unpaired) electrons. The number of anilines is 2. The number of fused-ring (bicyclic) bond motifs is 2. The second kappa shape index (κ2) is 15.8. The number of hydrogen-bond acceptors (Lipinski definition) is 9. The highest BCUT2D eigenvalue weighted by Crippen LogP contribution is 2.35. The number of aliphatic hydroxyl groups excluding tert-OH is 1. The van der Waals surface area contributed by atoms with Crippen molar-refractivity contribution in [2.24, 2.45) is 0 Å². The summed E-state index contributed by atoms with van der Waals surface area (Å²) in [5.41, 5.74) is 3.46. The normalized spacial score (nSPS) is 20.8. The van der Waals surface area contributed by atoms with Gasteiger partial charge in [-0.1, -0.05) is 68.0 Å². The molecule has 3 aliphatic rings. The van der Waals surface area contributed by atoms with Gasteiger partial charge in [0.25, 0.3) is 0 Å². The van der Waals surface area contributed by atoms with Gasteiger partial charge in [0.15, 0.2) is 0 Å². The van der Waals surface area contributed by atoms with E-state index in [2.05, 4.69) is 93.9 Å². The Morgan fingerprint density at radius 1 is 1.02 bits per heavy atom. The molecule has 1 unspecified atom stereocenters. The Labute approximate surface area is 280 Å². The van der Waals surface area contributed by atoms with E-state index in [1.54, 1.807) is 0 Å². The van der Waals surface area contributed by atoms with Crippen molar-refractivity contribution in [3.8, 4) is 23.9 Å². The SMILES string of the molecule is CCCCC(CC#CCO)N1CCN(c2nc(OC[C@@H]3CCCN3C)nc3c2CCN(c2cccc4ccccc24)C3)C[C@@H]1CC#N. The van der Waals surface area contributed by atoms with Crippen LogP contribution in [0.25, 0.3) is 10.8 Å². The minimum atomic E-state index is -0.117. The maximum atomic E-state index is 9.90. The molecule has 9 heteroatoms. The Hall–Kier alpha value is -3.89. The van der Waals surface area contributed by atoms with Gasteiger partial charge in [-0.15, -0.1) is 0 Å². The predicted octanol–water partition coefficient (Wildman–Crippen LogP) is 5.01. The van der Waals surface area contributed by atoms with E-state index in [0.29, 0.717) is 38.0 Å². The number of likely N-dealkylation sites (tertiary alicyclic amines) is 1. The number of piperazine rings is 1. The van der Waals surface area contributed by atoms with Crippen molar-refractivity contribution in [3.63, 3.8) is 0 Å². The molecule has 6 rings (SSSR count). The largest absolute Gasteiger partial charge is 0.462 e. The van der Waals surface area contributed by atoms with Gasteiger partial charge in [0.1, 0.15) is 19.0 Å². The summed E-state index contributed by atoms with van der Waals surface area (Å²) in [6.45, 7) is 7.74. The predicted molar refractivity (Wildman–Crippen MR) is 188 cm³/mol. The lowest BCUT2D eigenvalue weighted by Gasteiger charge is -2.45. The molecule has 0 saturated carbocycles. The highest BCUT2D eigenvalue weighted by molar-refractivity contribution is 5.94. The third-order valence-electron chi connectivity index (χ3n) is 10.3. The Morgan fingerprint density at radius 2 is 1.89 bits per heavy atom. The van der Waals surface area contributed by atoms with Crippen molar-refractivity contribution in [2.75, 3.05) is 62.8 Å². The molecule has 3 aliphatic heterocycles. The van der Waals surface area contributed by atoms with Crippen LogP contribution in [0, 0.1) is 23.2 Å². The minimum Gasteiger partial charge on any atom is -0.462 e. The van der Waals surface area contributed by atoms with E-state index in [0.717, 1.165) is 76.3 Å². The Morgan fingerprint density at radius 3 is 2.70 bits per heavy atom. The molecule has 3 atom stereocenters. The molecule has 47 heavy (non-hydrogen) atoms. The standard InChI is InChI=1S/C38H49N7O2/c1-3-4-13-30(14-7-8-25-46)45-24-23-44(26-31(45)18-20-39)37-34-19-22-43(36-17-9-12-29-11-5-6-16-33(29)36)27-35(34)40-38(41-37)47-28-32-15-10-21-42(32)2/h5-6,9,11-12,16-17,30-32,46H,3-4,10,13-15,18-19,21-28H2,1-2H3/t30?,31-,32-/m0/s1. The van der Waals surface area contributed by atoms with E-state index in [9.17, 15) is 10.4 Å². The van der Waals surface area contributed by atoms with E-state index in [1.807, 2.05) is 0 Å². The van der Waals surface area contributed by atoms with E-state index in [4.69, 9.17) is 14.7 Å². The molecule has 0 aliphatic carbocycles. The van der Waals surface area contributed by atoms with Crippen LogP contribution >= 0.6 is 0 Å². The summed E-state index contributed by atoms with van der Waals surface area (Å²) in [6.07, 6.45) is 7.61. The van der Waals surface area contributed by atoms with E-state index in [-0.39, 0.29) is 18.7 Å². The number of hydrogen-bond donors (Lipinski definition) is 1. The number of ether oxygens (including phenoxy) is 1. The first-order valence-electron chi connectivity index (χ1n) is 17.5. The van der Waals surface area contributed by atoms with Crippen LogP contribution in [0.5, 0.6) is 6.01 Å². The molecule has 1 aromatic heterocycles. The zero-order chi connectivity index (χ0) is 32.6. The Kier molecular flexibility index (Phi) is 11.1. The fourth-order valence-electron chi connectivity index (χ4n) is 7.67. The smallest absolute Gasteiger partial charge is 0.318 e. The molecule has 2 fully saturated rings. The third kappa shape index (κ3) is 7.65. The molecule has 1 N–H and O–H groups in total. The van der Waals surface area contributed by atoms with Crippen LogP contribution in [-0.4, -0.2) is 96.0 Å². The lowest BCUT2D eigenvalue weighted by atomic mass is 9.98. The van der Waals surface area contributed by atoms with Gasteiger partial charge < -0.3 is 24.5 Å². The summed E-state index contributed by atoms with van der Waals surface area (Å²) in [7, 11) is 2.17. The van der Waals surface area contributed by atoms with Crippen molar-refractivity contribution < 1.29 is 9.84 Å². The number of nitriles is 1. The maximum absolute atomic E-state index is 9.90. The van der Waals surface area contributed by atoms with Crippen LogP contribution < -0.4 is 14.5 Å². The number of benzene rings is 2. The number of rotatable bonds is 11. The van der Waals surface area contributed by atoms with E-state index < -0.39 is 0 Å². The van der Waals surface area contributed by atoms with Crippen LogP contribution in [-0.2, 0) is 13.0 Å². The molecule has 0 bridgehead atoms. The fourth-order valence-corrected chi connectivity index (χ4v) is 7.67. The number of unbranched alkanes of at least 4 members (excludes halogenated alkanes) is 1. The molecule has 0 spiro atoms. The fraction of sp³-hybridized carbons (Fsp3) is 0.553. The highest BCUT2D eigenvalue weighted by atomic mass is 16.5. The Bertz CT molecular complexity index is 1610. The molecule has 3 aromatic rings. The van der Waals surface area contributed by atoms with Gasteiger partial charge in [-0.3, -0.25) is 4.90 Å². The lowest BCUT2D eigenvalue weighted by molar-refractivity contribution is 0.113. The van der Waals surface area contributed by atoms with Crippen molar-refractivity contribution in [1.29, 1.82) is 5.26 Å². The average Bonchev–Trinajstić information content (AvgIpc) is 3.52. The van der Waals surface area contributed by atoms with Crippen LogP contribution in [0.15, 0.2) is 42.5 Å². The second-order valence-corrected chi connectivity index (χ2v) is 13.2. The van der Waals surface area contributed by atoms with Crippen molar-refractivity contribution in [2.45, 2.75) is 83.0 Å². The molecule has 248 valence electrons. The Balaban J connectivity index is 1.29. The van der Waals surface area contributed by atoms with Crippen molar-refractivity contribution in [1.82, 2.24) is 19.8 Å². The molecule has 0 amide bonds. The maximum Gasteiger partial charge on any atom is 0.318 e. The second-order valence-electron chi connectivity index (χ2n) is 13.2. The number of aromatic nitrogens is 2. The van der Waals surface area contributed by atoms with Gasteiger partial charge in [0.2, 0.25) is 0 Å². The molecule has 4 heterocycles. The first-order valence-corrected chi connectivity index (χ1v) is 17.5. The molecule has 2 aromatic carbocycles. The van der Waals surface area contributed by atoms with Gasteiger partial charge in [-0.25, -0.2) is 0 Å². The van der Waals surface area contributed by atoms with Crippen LogP contribution in [0.3, 0.4) is 0 Å². The van der Waals surface area contributed by atoms with Gasteiger partial charge in [-0.05, 0) is 50.7 Å². The number of nitrogens with zero attached hydrogens (tertiary/aromatic N) is 7. The summed E-state index contributed by atoms with van der Waals surface area (Å²) in [6, 6.07) is 18.8. The quantitative estimate of drug-likeness (QED) is 0.292. The first-order chi connectivity index (χ1) is 23.1. The van der Waals surface area contributed by atoms with Crippen LogP contribution in [0.2, 0.25) is 0 Å². The van der Waals surface area contributed by atoms with Gasteiger partial charge in [0, 0.05) is 67.4 Å². The summed E-state index contributed by atoms with van der Waals surface area (Å²) in [5.74, 6) is 6.99. The van der Waals surface area contributed by atoms with Gasteiger partial charge in [0.05, 0.1) is 24.7 Å².